The number of hydrogen-bond acceptors (Lipinski definition) is 5. The molecule has 2 aromatic heterocycles. The summed E-state index contributed by atoms with van der Waals surface area (Å²) in [7, 11) is -3.12. The van der Waals surface area contributed by atoms with E-state index in [-0.39, 0.29) is 5.75 Å². The minimum Gasteiger partial charge on any atom is -0.293 e. The molecule has 8 heteroatoms. The monoisotopic (exact) mass is 413 g/mol. The second-order valence-electron chi connectivity index (χ2n) is 7.31. The summed E-state index contributed by atoms with van der Waals surface area (Å²) in [6.45, 7) is 6.95. The lowest BCUT2D eigenvalue weighted by Crippen LogP contribution is -2.48. The topological polar surface area (TPSA) is 71.3 Å². The second-order valence-corrected chi connectivity index (χ2v) is 9.56. The summed E-state index contributed by atoms with van der Waals surface area (Å²) in [6.07, 6.45) is 2.79. The van der Waals surface area contributed by atoms with Crippen molar-refractivity contribution < 1.29 is 8.42 Å². The normalized spacial score (nSPS) is 16.5. The third kappa shape index (κ3) is 4.05. The van der Waals surface area contributed by atoms with Crippen LogP contribution in [-0.4, -0.2) is 64.1 Å². The Balaban J connectivity index is 1.61. The van der Waals surface area contributed by atoms with Gasteiger partial charge in [0, 0.05) is 38.1 Å². The largest absolute Gasteiger partial charge is 0.293 e. The van der Waals surface area contributed by atoms with E-state index in [1.165, 1.54) is 5.56 Å². The summed E-state index contributed by atoms with van der Waals surface area (Å²) in [5, 5.41) is 0. The Morgan fingerprint density at radius 2 is 1.72 bits per heavy atom. The number of benzene rings is 1. The first kappa shape index (κ1) is 20.0. The Morgan fingerprint density at radius 3 is 2.38 bits per heavy atom. The van der Waals surface area contributed by atoms with Crippen molar-refractivity contribution in [3.63, 3.8) is 0 Å². The lowest BCUT2D eigenvalue weighted by atomic mass is 10.1. The van der Waals surface area contributed by atoms with Gasteiger partial charge < -0.3 is 0 Å². The Morgan fingerprint density at radius 1 is 1.00 bits per heavy atom. The quantitative estimate of drug-likeness (QED) is 0.621. The van der Waals surface area contributed by atoms with Gasteiger partial charge in [0.25, 0.3) is 0 Å². The van der Waals surface area contributed by atoms with E-state index < -0.39 is 10.0 Å². The molecule has 3 aromatic rings. The molecular formula is C21H27N5O2S. The van der Waals surface area contributed by atoms with E-state index >= 15 is 0 Å². The highest BCUT2D eigenvalue weighted by Crippen LogP contribution is 2.22. The van der Waals surface area contributed by atoms with E-state index in [1.807, 2.05) is 12.1 Å². The molecule has 154 valence electrons. The van der Waals surface area contributed by atoms with Crippen molar-refractivity contribution in [2.24, 2.45) is 0 Å². The van der Waals surface area contributed by atoms with Crippen molar-refractivity contribution in [2.75, 3.05) is 31.9 Å². The smallest absolute Gasteiger partial charge is 0.213 e. The summed E-state index contributed by atoms with van der Waals surface area (Å²) in [4.78, 5) is 11.7. The van der Waals surface area contributed by atoms with E-state index in [0.29, 0.717) is 32.7 Å². The molecule has 0 aliphatic carbocycles. The number of rotatable bonds is 6. The maximum atomic E-state index is 12.1. The molecule has 0 atom stereocenters. The molecule has 0 spiro atoms. The lowest BCUT2D eigenvalue weighted by molar-refractivity contribution is 0.178. The van der Waals surface area contributed by atoms with Crippen LogP contribution in [0.3, 0.4) is 0 Å². The van der Waals surface area contributed by atoms with E-state index in [0.717, 1.165) is 29.1 Å². The summed E-state index contributed by atoms with van der Waals surface area (Å²) in [6, 6.07) is 12.4. The molecule has 29 heavy (non-hydrogen) atoms. The molecule has 1 fully saturated rings. The molecule has 0 radical (unpaired) electrons. The number of imidazole rings is 1. The van der Waals surface area contributed by atoms with Crippen molar-refractivity contribution in [3.8, 4) is 5.69 Å². The van der Waals surface area contributed by atoms with Gasteiger partial charge in [0.1, 0.15) is 11.3 Å². The fourth-order valence-electron chi connectivity index (χ4n) is 3.77. The predicted molar refractivity (Wildman–Crippen MR) is 115 cm³/mol. The number of aromatic nitrogens is 3. The van der Waals surface area contributed by atoms with Crippen LogP contribution in [0.1, 0.15) is 25.2 Å². The van der Waals surface area contributed by atoms with Gasteiger partial charge in [-0.05, 0) is 43.2 Å². The maximum absolute atomic E-state index is 12.1. The molecule has 0 bridgehead atoms. The molecule has 3 heterocycles. The second kappa shape index (κ2) is 8.22. The number of sulfonamides is 1. The van der Waals surface area contributed by atoms with Crippen LogP contribution in [-0.2, 0) is 23.0 Å². The lowest BCUT2D eigenvalue weighted by Gasteiger charge is -2.33. The molecule has 1 saturated heterocycles. The number of hydrogen-bond donors (Lipinski definition) is 0. The number of pyridine rings is 1. The average molecular weight is 414 g/mol. The molecule has 0 N–H and O–H groups in total. The molecular weight excluding hydrogens is 386 g/mol. The summed E-state index contributed by atoms with van der Waals surface area (Å²) in [5.41, 5.74) is 4.06. The molecule has 1 aromatic carbocycles. The van der Waals surface area contributed by atoms with Crippen LogP contribution < -0.4 is 0 Å². The number of fused-ring (bicyclic) bond motifs is 1. The number of aryl methyl sites for hydroxylation is 1. The van der Waals surface area contributed by atoms with Crippen LogP contribution in [0.5, 0.6) is 0 Å². The first-order valence-corrected chi connectivity index (χ1v) is 11.7. The summed E-state index contributed by atoms with van der Waals surface area (Å²) < 4.78 is 27.9. The van der Waals surface area contributed by atoms with Crippen molar-refractivity contribution in [2.45, 2.75) is 26.8 Å². The predicted octanol–water partition coefficient (Wildman–Crippen LogP) is 2.45. The first-order chi connectivity index (χ1) is 14.0. The van der Waals surface area contributed by atoms with Crippen molar-refractivity contribution in [3.05, 3.63) is 54.0 Å². The zero-order valence-electron chi connectivity index (χ0n) is 17.0. The molecule has 0 saturated carbocycles. The van der Waals surface area contributed by atoms with Crippen molar-refractivity contribution >= 4 is 21.2 Å². The van der Waals surface area contributed by atoms with Gasteiger partial charge in [-0.15, -0.1) is 0 Å². The third-order valence-corrected chi connectivity index (χ3v) is 7.42. The Bertz CT molecular complexity index is 1080. The fourth-order valence-corrected chi connectivity index (χ4v) is 4.85. The standard InChI is InChI=1S/C21H27N5O2S/c1-3-17-7-9-18(10-8-17)26-20(23-19-6-5-11-22-21(19)26)16-24-12-14-25(15-13-24)29(27,28)4-2/h5-11H,3-4,12-16H2,1-2H3. The minimum atomic E-state index is -3.12. The van der Waals surface area contributed by atoms with Crippen LogP contribution in [0.25, 0.3) is 16.9 Å². The summed E-state index contributed by atoms with van der Waals surface area (Å²) in [5.74, 6) is 1.08. The van der Waals surface area contributed by atoms with Crippen LogP contribution >= 0.6 is 0 Å². The third-order valence-electron chi connectivity index (χ3n) is 5.54. The molecule has 1 aliphatic heterocycles. The van der Waals surface area contributed by atoms with Crippen LogP contribution in [0.2, 0.25) is 0 Å². The van der Waals surface area contributed by atoms with E-state index in [4.69, 9.17) is 4.98 Å². The summed E-state index contributed by atoms with van der Waals surface area (Å²) >= 11 is 0. The van der Waals surface area contributed by atoms with E-state index in [2.05, 4.69) is 45.6 Å². The van der Waals surface area contributed by atoms with Gasteiger partial charge >= 0.3 is 0 Å². The average Bonchev–Trinajstić information content (AvgIpc) is 3.12. The highest BCUT2D eigenvalue weighted by atomic mass is 32.2. The van der Waals surface area contributed by atoms with Gasteiger partial charge in [0.15, 0.2) is 5.65 Å². The molecule has 0 unspecified atom stereocenters. The van der Waals surface area contributed by atoms with E-state index in [9.17, 15) is 8.42 Å². The zero-order chi connectivity index (χ0) is 20.4. The molecule has 4 rings (SSSR count). The Hall–Kier alpha value is -2.29. The molecule has 7 nitrogen and oxygen atoms in total. The van der Waals surface area contributed by atoms with Gasteiger partial charge in [-0.25, -0.2) is 18.4 Å². The number of piperazine rings is 1. The van der Waals surface area contributed by atoms with Gasteiger partial charge in [-0.2, -0.15) is 4.31 Å². The molecule has 1 aliphatic rings. The van der Waals surface area contributed by atoms with Crippen LogP contribution in [0.4, 0.5) is 0 Å². The highest BCUT2D eigenvalue weighted by molar-refractivity contribution is 7.89. The van der Waals surface area contributed by atoms with Gasteiger partial charge in [0.2, 0.25) is 10.0 Å². The fraction of sp³-hybridized carbons (Fsp3) is 0.429. The van der Waals surface area contributed by atoms with E-state index in [1.54, 1.807) is 17.4 Å². The van der Waals surface area contributed by atoms with Crippen LogP contribution in [0, 0.1) is 0 Å². The molecule has 0 amide bonds. The van der Waals surface area contributed by atoms with Crippen molar-refractivity contribution in [1.82, 2.24) is 23.7 Å². The van der Waals surface area contributed by atoms with Gasteiger partial charge in [-0.3, -0.25) is 9.47 Å². The van der Waals surface area contributed by atoms with Gasteiger partial charge in [-0.1, -0.05) is 19.1 Å². The zero-order valence-corrected chi connectivity index (χ0v) is 17.8. The first-order valence-electron chi connectivity index (χ1n) is 10.1. The Labute approximate surface area is 172 Å². The highest BCUT2D eigenvalue weighted by Gasteiger charge is 2.26. The minimum absolute atomic E-state index is 0.155. The Kier molecular flexibility index (Phi) is 5.67. The maximum Gasteiger partial charge on any atom is 0.213 e. The SMILES string of the molecule is CCc1ccc(-n2c(CN3CCN(S(=O)(=O)CC)CC3)nc3cccnc32)cc1. The van der Waals surface area contributed by atoms with Gasteiger partial charge in [0.05, 0.1) is 12.3 Å². The van der Waals surface area contributed by atoms with Crippen molar-refractivity contribution in [1.29, 1.82) is 0 Å². The number of nitrogens with zero attached hydrogens (tertiary/aromatic N) is 5. The van der Waals surface area contributed by atoms with Crippen LogP contribution in [0.15, 0.2) is 42.6 Å².